The molecule has 3 aromatic rings. The molecule has 0 aliphatic heterocycles. The molecule has 0 saturated heterocycles. The molecule has 5 heteroatoms. The van der Waals surface area contributed by atoms with E-state index in [2.05, 4.69) is 27.5 Å². The summed E-state index contributed by atoms with van der Waals surface area (Å²) in [5.41, 5.74) is 3.36. The molecule has 0 fully saturated rings. The van der Waals surface area contributed by atoms with E-state index >= 15 is 0 Å². The normalized spacial score (nSPS) is 10.3. The maximum Gasteiger partial charge on any atom is 0.274 e. The van der Waals surface area contributed by atoms with Crippen molar-refractivity contribution >= 4 is 17.5 Å². The van der Waals surface area contributed by atoms with E-state index in [1.54, 1.807) is 12.3 Å². The summed E-state index contributed by atoms with van der Waals surface area (Å²) in [5.74, 6) is 0.186. The van der Waals surface area contributed by atoms with E-state index in [-0.39, 0.29) is 5.91 Å². The van der Waals surface area contributed by atoms with Crippen molar-refractivity contribution in [1.29, 1.82) is 0 Å². The third-order valence-corrected chi connectivity index (χ3v) is 3.83. The van der Waals surface area contributed by atoms with Gasteiger partial charge in [-0.3, -0.25) is 4.79 Å². The molecular weight excluding hydrogens is 312 g/mol. The van der Waals surface area contributed by atoms with Gasteiger partial charge in [0.25, 0.3) is 5.91 Å². The second-order valence-electron chi connectivity index (χ2n) is 5.57. The van der Waals surface area contributed by atoms with Crippen molar-refractivity contribution < 1.29 is 4.79 Å². The van der Waals surface area contributed by atoms with Crippen LogP contribution in [0.15, 0.2) is 66.9 Å². The van der Waals surface area contributed by atoms with Crippen molar-refractivity contribution in [3.8, 4) is 0 Å². The van der Waals surface area contributed by atoms with Gasteiger partial charge in [0.1, 0.15) is 5.69 Å². The Balaban J connectivity index is 1.69. The molecule has 0 spiro atoms. The summed E-state index contributed by atoms with van der Waals surface area (Å²) in [6.45, 7) is 2.66. The predicted molar refractivity (Wildman–Crippen MR) is 99.6 cm³/mol. The average Bonchev–Trinajstić information content (AvgIpc) is 2.68. The summed E-state index contributed by atoms with van der Waals surface area (Å²) in [5, 5.41) is 6.06. The molecule has 1 heterocycles. The van der Waals surface area contributed by atoms with E-state index in [0.29, 0.717) is 18.2 Å². The molecule has 0 atom stereocenters. The largest absolute Gasteiger partial charge is 0.350 e. The maximum absolute atomic E-state index is 12.5. The number of benzene rings is 2. The first-order valence-corrected chi connectivity index (χ1v) is 8.26. The Kier molecular flexibility index (Phi) is 5.36. The first-order valence-electron chi connectivity index (χ1n) is 8.26. The van der Waals surface area contributed by atoms with Gasteiger partial charge in [-0.05, 0) is 29.7 Å². The van der Waals surface area contributed by atoms with E-state index in [1.807, 2.05) is 54.6 Å². The van der Waals surface area contributed by atoms with Gasteiger partial charge in [-0.15, -0.1) is 0 Å². The minimum atomic E-state index is -0.244. The van der Waals surface area contributed by atoms with Crippen molar-refractivity contribution in [2.24, 2.45) is 0 Å². The lowest BCUT2D eigenvalue weighted by atomic mass is 10.1. The number of para-hydroxylation sites is 1. The number of hydrogen-bond donors (Lipinski definition) is 2. The summed E-state index contributed by atoms with van der Waals surface area (Å²) in [6.07, 6.45) is 2.44. The van der Waals surface area contributed by atoms with Crippen molar-refractivity contribution in [1.82, 2.24) is 9.97 Å². The van der Waals surface area contributed by atoms with Crippen molar-refractivity contribution in [3.05, 3.63) is 83.7 Å². The van der Waals surface area contributed by atoms with Gasteiger partial charge < -0.3 is 10.6 Å². The quantitative estimate of drug-likeness (QED) is 0.718. The zero-order chi connectivity index (χ0) is 17.5. The van der Waals surface area contributed by atoms with Crippen LogP contribution in [0.4, 0.5) is 11.6 Å². The Bertz CT molecular complexity index is 849. The lowest BCUT2D eigenvalue weighted by Gasteiger charge is -2.10. The summed E-state index contributed by atoms with van der Waals surface area (Å²) < 4.78 is 0. The van der Waals surface area contributed by atoms with Gasteiger partial charge in [0.15, 0.2) is 0 Å². The van der Waals surface area contributed by atoms with Crippen LogP contribution in [0, 0.1) is 0 Å². The minimum Gasteiger partial charge on any atom is -0.350 e. The fourth-order valence-electron chi connectivity index (χ4n) is 2.48. The summed E-state index contributed by atoms with van der Waals surface area (Å²) >= 11 is 0. The number of nitrogens with one attached hydrogen (secondary N) is 2. The number of amides is 1. The first-order chi connectivity index (χ1) is 12.3. The molecule has 1 aromatic heterocycles. The molecule has 25 heavy (non-hydrogen) atoms. The molecule has 2 N–H and O–H groups in total. The van der Waals surface area contributed by atoms with E-state index in [9.17, 15) is 4.79 Å². The van der Waals surface area contributed by atoms with Crippen LogP contribution in [-0.4, -0.2) is 15.9 Å². The molecule has 5 nitrogen and oxygen atoms in total. The highest BCUT2D eigenvalue weighted by Crippen LogP contribution is 2.16. The van der Waals surface area contributed by atoms with Gasteiger partial charge in [-0.1, -0.05) is 55.5 Å². The second kappa shape index (κ2) is 8.06. The van der Waals surface area contributed by atoms with Gasteiger partial charge in [0.2, 0.25) is 5.95 Å². The van der Waals surface area contributed by atoms with Crippen LogP contribution in [0.1, 0.15) is 28.5 Å². The lowest BCUT2D eigenvalue weighted by molar-refractivity contribution is 0.102. The summed E-state index contributed by atoms with van der Waals surface area (Å²) in [4.78, 5) is 21.0. The van der Waals surface area contributed by atoms with Gasteiger partial charge in [0.05, 0.1) is 0 Å². The molecule has 0 unspecified atom stereocenters. The van der Waals surface area contributed by atoms with E-state index in [1.165, 1.54) is 0 Å². The number of carbonyl (C=O) groups is 1. The SMILES string of the molecule is CCc1ccccc1NC(=O)c1ccnc(NCc2ccccc2)n1. The van der Waals surface area contributed by atoms with E-state index in [0.717, 1.165) is 23.2 Å². The molecule has 126 valence electrons. The lowest BCUT2D eigenvalue weighted by Crippen LogP contribution is -2.16. The third-order valence-electron chi connectivity index (χ3n) is 3.83. The van der Waals surface area contributed by atoms with Gasteiger partial charge in [-0.25, -0.2) is 9.97 Å². The Labute approximate surface area is 147 Å². The molecule has 1 amide bonds. The Morgan fingerprint density at radius 2 is 1.76 bits per heavy atom. The van der Waals surface area contributed by atoms with Crippen molar-refractivity contribution in [3.63, 3.8) is 0 Å². The van der Waals surface area contributed by atoms with E-state index < -0.39 is 0 Å². The highest BCUT2D eigenvalue weighted by atomic mass is 16.1. The highest BCUT2D eigenvalue weighted by molar-refractivity contribution is 6.03. The fraction of sp³-hybridized carbons (Fsp3) is 0.150. The van der Waals surface area contributed by atoms with E-state index in [4.69, 9.17) is 0 Å². The Hall–Kier alpha value is -3.21. The monoisotopic (exact) mass is 332 g/mol. The van der Waals surface area contributed by atoms with Gasteiger partial charge >= 0.3 is 0 Å². The average molecular weight is 332 g/mol. The number of anilines is 2. The summed E-state index contributed by atoms with van der Waals surface area (Å²) in [6, 6.07) is 19.3. The number of aryl methyl sites for hydroxylation is 1. The topological polar surface area (TPSA) is 66.9 Å². The summed E-state index contributed by atoms with van der Waals surface area (Å²) in [7, 11) is 0. The zero-order valence-corrected chi connectivity index (χ0v) is 14.1. The third kappa shape index (κ3) is 4.41. The Morgan fingerprint density at radius 3 is 2.56 bits per heavy atom. The van der Waals surface area contributed by atoms with Crippen LogP contribution in [-0.2, 0) is 13.0 Å². The molecular formula is C20H20N4O. The molecule has 0 saturated carbocycles. The van der Waals surface area contributed by atoms with Gasteiger partial charge in [0, 0.05) is 18.4 Å². The Morgan fingerprint density at radius 1 is 1.00 bits per heavy atom. The predicted octanol–water partition coefficient (Wildman–Crippen LogP) is 3.90. The van der Waals surface area contributed by atoms with Crippen LogP contribution < -0.4 is 10.6 Å². The number of carbonyl (C=O) groups excluding carboxylic acids is 1. The van der Waals surface area contributed by atoms with Crippen molar-refractivity contribution in [2.45, 2.75) is 19.9 Å². The number of aromatic nitrogens is 2. The highest BCUT2D eigenvalue weighted by Gasteiger charge is 2.11. The maximum atomic E-state index is 12.5. The smallest absolute Gasteiger partial charge is 0.274 e. The van der Waals surface area contributed by atoms with Crippen LogP contribution in [0.2, 0.25) is 0 Å². The minimum absolute atomic E-state index is 0.244. The van der Waals surface area contributed by atoms with Crippen molar-refractivity contribution in [2.75, 3.05) is 10.6 Å². The molecule has 0 bridgehead atoms. The molecule has 0 aliphatic rings. The number of hydrogen-bond acceptors (Lipinski definition) is 4. The van der Waals surface area contributed by atoms with Crippen LogP contribution >= 0.6 is 0 Å². The van der Waals surface area contributed by atoms with Crippen LogP contribution in [0.5, 0.6) is 0 Å². The number of nitrogens with zero attached hydrogens (tertiary/aromatic N) is 2. The molecule has 0 aliphatic carbocycles. The van der Waals surface area contributed by atoms with Gasteiger partial charge in [-0.2, -0.15) is 0 Å². The standard InChI is InChI=1S/C20H20N4O/c1-2-16-10-6-7-11-17(16)23-19(25)18-12-13-21-20(24-18)22-14-15-8-4-3-5-9-15/h3-13H,2,14H2,1H3,(H,23,25)(H,21,22,24). The molecule has 0 radical (unpaired) electrons. The molecule has 3 rings (SSSR count). The molecule has 2 aromatic carbocycles. The fourth-order valence-corrected chi connectivity index (χ4v) is 2.48. The second-order valence-corrected chi connectivity index (χ2v) is 5.57. The first kappa shape index (κ1) is 16.6. The van der Waals surface area contributed by atoms with Crippen LogP contribution in [0.25, 0.3) is 0 Å². The van der Waals surface area contributed by atoms with Crippen LogP contribution in [0.3, 0.4) is 0 Å². The number of rotatable bonds is 6. The zero-order valence-electron chi connectivity index (χ0n) is 14.1.